The molecule has 1 atom stereocenters. The van der Waals surface area contributed by atoms with Crippen molar-refractivity contribution in [1.82, 2.24) is 34.6 Å². The molecule has 0 fully saturated rings. The van der Waals surface area contributed by atoms with Crippen molar-refractivity contribution in [3.8, 4) is 0 Å². The lowest BCUT2D eigenvalue weighted by molar-refractivity contribution is 0.189. The van der Waals surface area contributed by atoms with Gasteiger partial charge in [-0.25, -0.2) is 14.6 Å². The van der Waals surface area contributed by atoms with E-state index in [0.29, 0.717) is 0 Å². The molecule has 118 valence electrons. The molecule has 3 aromatic rings. The molecule has 7 nitrogen and oxygen atoms in total. The van der Waals surface area contributed by atoms with Gasteiger partial charge in [-0.15, -0.1) is 0 Å². The van der Waals surface area contributed by atoms with E-state index in [2.05, 4.69) is 42.9 Å². The average molecular weight is 309 g/mol. The first-order valence-electron chi connectivity index (χ1n) is 7.90. The van der Waals surface area contributed by atoms with Crippen LogP contribution in [0.2, 0.25) is 0 Å². The average Bonchev–Trinajstić information content (AvgIpc) is 3.24. The van der Waals surface area contributed by atoms with Crippen LogP contribution in [0.1, 0.15) is 35.9 Å². The number of fused-ring (bicyclic) bond motifs is 1. The van der Waals surface area contributed by atoms with E-state index in [1.165, 1.54) is 5.69 Å². The lowest BCUT2D eigenvalue weighted by Gasteiger charge is -2.34. The van der Waals surface area contributed by atoms with Gasteiger partial charge < -0.3 is 4.98 Å². The first-order chi connectivity index (χ1) is 11.4. The molecule has 0 unspecified atom stereocenters. The van der Waals surface area contributed by atoms with Crippen molar-refractivity contribution in [2.75, 3.05) is 6.54 Å². The molecule has 7 heteroatoms. The predicted octanol–water partition coefficient (Wildman–Crippen LogP) is 1.56. The van der Waals surface area contributed by atoms with Crippen molar-refractivity contribution in [2.45, 2.75) is 32.5 Å². The summed E-state index contributed by atoms with van der Waals surface area (Å²) in [5.41, 5.74) is 3.29. The lowest BCUT2D eigenvalue weighted by atomic mass is 9.99. The summed E-state index contributed by atoms with van der Waals surface area (Å²) >= 11 is 0. The second-order valence-electron chi connectivity index (χ2n) is 5.64. The number of imidazole rings is 1. The number of rotatable bonds is 4. The van der Waals surface area contributed by atoms with Crippen LogP contribution < -0.4 is 0 Å². The fourth-order valence-corrected chi connectivity index (χ4v) is 3.22. The van der Waals surface area contributed by atoms with E-state index in [9.17, 15) is 0 Å². The highest BCUT2D eigenvalue weighted by Crippen LogP contribution is 2.32. The molecule has 0 amide bonds. The van der Waals surface area contributed by atoms with Gasteiger partial charge in [0, 0.05) is 31.4 Å². The van der Waals surface area contributed by atoms with Gasteiger partial charge in [-0.1, -0.05) is 6.07 Å². The first-order valence-corrected chi connectivity index (χ1v) is 7.90. The zero-order valence-corrected chi connectivity index (χ0v) is 13.1. The third-order valence-corrected chi connectivity index (χ3v) is 4.33. The minimum atomic E-state index is 0.0493. The third kappa shape index (κ3) is 2.53. The van der Waals surface area contributed by atoms with Crippen LogP contribution in [0.25, 0.3) is 0 Å². The Morgan fingerprint density at radius 1 is 1.26 bits per heavy atom. The molecule has 3 aromatic heterocycles. The first kappa shape index (κ1) is 14.1. The summed E-state index contributed by atoms with van der Waals surface area (Å²) in [6, 6.07) is 6.07. The van der Waals surface area contributed by atoms with Crippen LogP contribution in [-0.2, 0) is 19.5 Å². The molecule has 1 aliphatic rings. The maximum Gasteiger partial charge on any atom is 0.141 e. The van der Waals surface area contributed by atoms with E-state index in [1.54, 1.807) is 12.7 Å². The number of pyridine rings is 1. The number of hydrogen-bond acceptors (Lipinski definition) is 5. The molecule has 23 heavy (non-hydrogen) atoms. The number of nitrogens with zero attached hydrogens (tertiary/aromatic N) is 6. The van der Waals surface area contributed by atoms with Crippen LogP contribution in [-0.4, -0.2) is 41.2 Å². The van der Waals surface area contributed by atoms with Gasteiger partial charge in [-0.2, -0.15) is 5.10 Å². The van der Waals surface area contributed by atoms with E-state index >= 15 is 0 Å². The predicted molar refractivity (Wildman–Crippen MR) is 84.5 cm³/mol. The largest absolute Gasteiger partial charge is 0.348 e. The van der Waals surface area contributed by atoms with E-state index in [4.69, 9.17) is 0 Å². The number of H-pyrrole nitrogens is 1. The Morgan fingerprint density at radius 3 is 3.04 bits per heavy atom. The van der Waals surface area contributed by atoms with Crippen molar-refractivity contribution < 1.29 is 0 Å². The normalized spacial score (nSPS) is 18.0. The van der Waals surface area contributed by atoms with Gasteiger partial charge in [0.15, 0.2) is 0 Å². The molecule has 0 bridgehead atoms. The molecule has 0 aliphatic carbocycles. The van der Waals surface area contributed by atoms with E-state index < -0.39 is 0 Å². The maximum absolute atomic E-state index is 4.56. The Morgan fingerprint density at radius 2 is 2.22 bits per heavy atom. The molecule has 0 saturated carbocycles. The smallest absolute Gasteiger partial charge is 0.141 e. The summed E-state index contributed by atoms with van der Waals surface area (Å²) in [5.74, 6) is 0.979. The highest BCUT2D eigenvalue weighted by atomic mass is 15.4. The summed E-state index contributed by atoms with van der Waals surface area (Å²) in [5, 5.41) is 4.27. The Kier molecular flexibility index (Phi) is 3.63. The van der Waals surface area contributed by atoms with E-state index in [0.717, 1.165) is 43.3 Å². The SMILES string of the molecule is CCn1ncnc1CN1CCc2[nH]cnc2[C@H]1c1ccccn1. The summed E-state index contributed by atoms with van der Waals surface area (Å²) in [6.07, 6.45) is 6.19. The van der Waals surface area contributed by atoms with Gasteiger partial charge in [-0.3, -0.25) is 9.88 Å². The molecule has 4 heterocycles. The minimum Gasteiger partial charge on any atom is -0.348 e. The van der Waals surface area contributed by atoms with Crippen molar-refractivity contribution >= 4 is 0 Å². The van der Waals surface area contributed by atoms with E-state index in [-0.39, 0.29) is 6.04 Å². The number of nitrogens with one attached hydrogen (secondary N) is 1. The number of aryl methyl sites for hydroxylation is 1. The van der Waals surface area contributed by atoms with Crippen LogP contribution in [0.15, 0.2) is 37.1 Å². The highest BCUT2D eigenvalue weighted by Gasteiger charge is 2.32. The quantitative estimate of drug-likeness (QED) is 0.791. The third-order valence-electron chi connectivity index (χ3n) is 4.33. The van der Waals surface area contributed by atoms with Gasteiger partial charge in [0.25, 0.3) is 0 Å². The van der Waals surface area contributed by atoms with Crippen LogP contribution >= 0.6 is 0 Å². The Labute approximate surface area is 134 Å². The van der Waals surface area contributed by atoms with Crippen molar-refractivity contribution in [1.29, 1.82) is 0 Å². The molecule has 4 rings (SSSR count). The molecular weight excluding hydrogens is 290 g/mol. The lowest BCUT2D eigenvalue weighted by Crippen LogP contribution is -2.37. The van der Waals surface area contributed by atoms with Gasteiger partial charge in [-0.05, 0) is 19.1 Å². The van der Waals surface area contributed by atoms with Crippen molar-refractivity contribution in [3.63, 3.8) is 0 Å². The molecule has 0 radical (unpaired) electrons. The number of aromatic amines is 1. The van der Waals surface area contributed by atoms with Gasteiger partial charge in [0.1, 0.15) is 12.2 Å². The second-order valence-corrected chi connectivity index (χ2v) is 5.64. The molecule has 0 aromatic carbocycles. The molecular formula is C16H19N7. The summed E-state index contributed by atoms with van der Waals surface area (Å²) in [6.45, 7) is 4.58. The standard InChI is InChI=1S/C16H19N7/c1-2-23-14(19-11-21-23)9-22-8-6-12-15(20-10-18-12)16(22)13-5-3-4-7-17-13/h3-5,7,10-11,16H,2,6,8-9H2,1H3,(H,18,20)/t16-/m1/s1. The Hall–Kier alpha value is -2.54. The molecule has 0 saturated heterocycles. The zero-order chi connectivity index (χ0) is 15.6. The summed E-state index contributed by atoms with van der Waals surface area (Å²) in [7, 11) is 0. The number of hydrogen-bond donors (Lipinski definition) is 1. The number of aromatic nitrogens is 6. The maximum atomic E-state index is 4.56. The minimum absolute atomic E-state index is 0.0493. The highest BCUT2D eigenvalue weighted by molar-refractivity contribution is 5.28. The van der Waals surface area contributed by atoms with E-state index in [1.807, 2.05) is 23.0 Å². The van der Waals surface area contributed by atoms with Crippen molar-refractivity contribution in [3.05, 3.63) is 60.0 Å². The van der Waals surface area contributed by atoms with Crippen LogP contribution in [0.4, 0.5) is 0 Å². The monoisotopic (exact) mass is 309 g/mol. The zero-order valence-electron chi connectivity index (χ0n) is 13.1. The summed E-state index contributed by atoms with van der Waals surface area (Å²) < 4.78 is 1.94. The topological polar surface area (TPSA) is 75.5 Å². The molecule has 0 spiro atoms. The van der Waals surface area contributed by atoms with Gasteiger partial charge in [0.05, 0.1) is 30.3 Å². The van der Waals surface area contributed by atoms with Gasteiger partial charge >= 0.3 is 0 Å². The molecule has 1 aliphatic heterocycles. The fourth-order valence-electron chi connectivity index (χ4n) is 3.22. The van der Waals surface area contributed by atoms with Crippen molar-refractivity contribution in [2.24, 2.45) is 0 Å². The summed E-state index contributed by atoms with van der Waals surface area (Å²) in [4.78, 5) is 19.2. The fraction of sp³-hybridized carbons (Fsp3) is 0.375. The Bertz CT molecular complexity index is 777. The second kappa shape index (κ2) is 5.92. The molecule has 1 N–H and O–H groups in total. The van der Waals surface area contributed by atoms with Crippen LogP contribution in [0, 0.1) is 0 Å². The van der Waals surface area contributed by atoms with Crippen LogP contribution in [0.5, 0.6) is 0 Å². The Balaban J connectivity index is 1.71. The van der Waals surface area contributed by atoms with Crippen LogP contribution in [0.3, 0.4) is 0 Å². The van der Waals surface area contributed by atoms with Gasteiger partial charge in [0.2, 0.25) is 0 Å².